The van der Waals surface area contributed by atoms with Gasteiger partial charge in [0.05, 0.1) is 12.7 Å². The minimum absolute atomic E-state index is 0.181. The molecule has 1 N–H and O–H groups in total. The minimum atomic E-state index is -4.56. The van der Waals surface area contributed by atoms with E-state index in [0.29, 0.717) is 17.5 Å². The van der Waals surface area contributed by atoms with Gasteiger partial charge < -0.3 is 9.67 Å². The van der Waals surface area contributed by atoms with Gasteiger partial charge in [0, 0.05) is 20.1 Å². The Kier molecular flexibility index (Phi) is 3.81. The quantitative estimate of drug-likeness (QED) is 0.907. The van der Waals surface area contributed by atoms with Crippen molar-refractivity contribution in [3.63, 3.8) is 0 Å². The standard InChI is InChI=1S/C11H15ClF3N3O/c1-17-8(12)6-16-9(17)7-18-4-2-10(19,3-5-18)11(13,14)15/h6,19H,2-5,7H2,1H3. The van der Waals surface area contributed by atoms with Gasteiger partial charge >= 0.3 is 6.18 Å². The molecule has 1 aromatic heterocycles. The van der Waals surface area contributed by atoms with Crippen molar-refractivity contribution in [3.05, 3.63) is 17.2 Å². The molecule has 0 saturated carbocycles. The number of piperidine rings is 1. The highest BCUT2D eigenvalue weighted by Crippen LogP contribution is 2.38. The SMILES string of the molecule is Cn1c(Cl)cnc1CN1CCC(O)(C(F)(F)F)CC1. The van der Waals surface area contributed by atoms with E-state index in [9.17, 15) is 18.3 Å². The van der Waals surface area contributed by atoms with Crippen LogP contribution in [0.15, 0.2) is 6.20 Å². The predicted molar refractivity (Wildman–Crippen MR) is 63.7 cm³/mol. The van der Waals surface area contributed by atoms with E-state index in [1.54, 1.807) is 11.6 Å². The van der Waals surface area contributed by atoms with Crippen LogP contribution in [0.4, 0.5) is 13.2 Å². The maximum atomic E-state index is 12.6. The first-order chi connectivity index (χ1) is 8.73. The number of likely N-dealkylation sites (tertiary alicyclic amines) is 1. The average molecular weight is 298 g/mol. The van der Waals surface area contributed by atoms with Crippen molar-refractivity contribution in [1.29, 1.82) is 0 Å². The van der Waals surface area contributed by atoms with Crippen LogP contribution in [-0.2, 0) is 13.6 Å². The molecule has 1 aliphatic heterocycles. The fourth-order valence-corrected chi connectivity index (χ4v) is 2.28. The first-order valence-electron chi connectivity index (χ1n) is 5.90. The van der Waals surface area contributed by atoms with Crippen LogP contribution in [0.3, 0.4) is 0 Å². The van der Waals surface area contributed by atoms with Gasteiger partial charge in [-0.2, -0.15) is 13.2 Å². The lowest BCUT2D eigenvalue weighted by Crippen LogP contribution is -2.53. The molecule has 108 valence electrons. The Morgan fingerprint density at radius 1 is 1.42 bits per heavy atom. The number of rotatable bonds is 2. The lowest BCUT2D eigenvalue weighted by Gasteiger charge is -2.38. The van der Waals surface area contributed by atoms with Gasteiger partial charge in [0.2, 0.25) is 0 Å². The summed E-state index contributed by atoms with van der Waals surface area (Å²) in [6, 6.07) is 0. The fraction of sp³-hybridized carbons (Fsp3) is 0.727. The van der Waals surface area contributed by atoms with Gasteiger partial charge in [0.1, 0.15) is 11.0 Å². The molecule has 0 aliphatic carbocycles. The van der Waals surface area contributed by atoms with Gasteiger partial charge in [-0.05, 0) is 12.8 Å². The zero-order chi connectivity index (χ0) is 14.3. The Morgan fingerprint density at radius 3 is 2.42 bits per heavy atom. The predicted octanol–water partition coefficient (Wildman–Crippen LogP) is 1.96. The summed E-state index contributed by atoms with van der Waals surface area (Å²) in [5.74, 6) is 0.697. The number of aliphatic hydroxyl groups is 1. The van der Waals surface area contributed by atoms with Gasteiger partial charge in [-0.25, -0.2) is 4.98 Å². The molecule has 4 nitrogen and oxygen atoms in total. The zero-order valence-corrected chi connectivity index (χ0v) is 11.2. The monoisotopic (exact) mass is 297 g/mol. The topological polar surface area (TPSA) is 41.3 Å². The summed E-state index contributed by atoms with van der Waals surface area (Å²) in [6.07, 6.45) is -3.68. The van der Waals surface area contributed by atoms with Crippen molar-refractivity contribution in [1.82, 2.24) is 14.5 Å². The molecule has 0 radical (unpaired) electrons. The second-order valence-electron chi connectivity index (χ2n) is 4.86. The van der Waals surface area contributed by atoms with Crippen LogP contribution in [0.2, 0.25) is 5.15 Å². The Hall–Kier alpha value is -0.790. The molecule has 1 aliphatic rings. The zero-order valence-electron chi connectivity index (χ0n) is 10.4. The van der Waals surface area contributed by atoms with E-state index in [0.717, 1.165) is 0 Å². The van der Waals surface area contributed by atoms with Crippen LogP contribution in [0.5, 0.6) is 0 Å². The number of hydrogen-bond acceptors (Lipinski definition) is 3. The van der Waals surface area contributed by atoms with E-state index in [4.69, 9.17) is 11.6 Å². The second-order valence-corrected chi connectivity index (χ2v) is 5.25. The minimum Gasteiger partial charge on any atom is -0.380 e. The molecule has 19 heavy (non-hydrogen) atoms. The first kappa shape index (κ1) is 14.6. The van der Waals surface area contributed by atoms with Gasteiger partial charge in [-0.1, -0.05) is 11.6 Å². The lowest BCUT2D eigenvalue weighted by molar-refractivity contribution is -0.273. The third-order valence-electron chi connectivity index (χ3n) is 3.60. The molecule has 0 amide bonds. The molecule has 1 fully saturated rings. The summed E-state index contributed by atoms with van der Waals surface area (Å²) in [5.41, 5.74) is -2.55. The lowest BCUT2D eigenvalue weighted by atomic mass is 9.91. The molecule has 8 heteroatoms. The van der Waals surface area contributed by atoms with E-state index in [1.807, 2.05) is 4.90 Å². The molecule has 2 heterocycles. The molecule has 1 aromatic rings. The molecular weight excluding hydrogens is 283 g/mol. The van der Waals surface area contributed by atoms with E-state index in [-0.39, 0.29) is 25.9 Å². The normalized spacial score (nSPS) is 20.7. The summed E-state index contributed by atoms with van der Waals surface area (Å²) in [6.45, 7) is 0.790. The maximum Gasteiger partial charge on any atom is 0.417 e. The van der Waals surface area contributed by atoms with Crippen molar-refractivity contribution in [2.75, 3.05) is 13.1 Å². The summed E-state index contributed by atoms with van der Waals surface area (Å²) in [5, 5.41) is 10.0. The third-order valence-corrected chi connectivity index (χ3v) is 3.95. The fourth-order valence-electron chi connectivity index (χ4n) is 2.14. The Morgan fingerprint density at radius 2 is 2.00 bits per heavy atom. The Bertz CT molecular complexity index is 453. The van der Waals surface area contributed by atoms with Gasteiger partial charge in [0.25, 0.3) is 0 Å². The number of aromatic nitrogens is 2. The number of hydrogen-bond donors (Lipinski definition) is 1. The van der Waals surface area contributed by atoms with Gasteiger partial charge in [-0.15, -0.1) is 0 Å². The maximum absolute atomic E-state index is 12.6. The molecule has 0 spiro atoms. The van der Waals surface area contributed by atoms with Crippen LogP contribution >= 0.6 is 11.6 Å². The van der Waals surface area contributed by atoms with Crippen LogP contribution in [0, 0.1) is 0 Å². The van der Waals surface area contributed by atoms with Gasteiger partial charge in [0.15, 0.2) is 5.60 Å². The van der Waals surface area contributed by atoms with E-state index < -0.39 is 11.8 Å². The van der Waals surface area contributed by atoms with Crippen LogP contribution in [0.25, 0.3) is 0 Å². The van der Waals surface area contributed by atoms with Crippen molar-refractivity contribution < 1.29 is 18.3 Å². The third kappa shape index (κ3) is 2.88. The number of halogens is 4. The summed E-state index contributed by atoms with van der Waals surface area (Å²) >= 11 is 5.85. The molecule has 2 rings (SSSR count). The highest BCUT2D eigenvalue weighted by molar-refractivity contribution is 6.29. The molecule has 1 saturated heterocycles. The molecule has 0 aromatic carbocycles. The van der Waals surface area contributed by atoms with Crippen molar-refractivity contribution in [2.24, 2.45) is 7.05 Å². The summed E-state index contributed by atoms with van der Waals surface area (Å²) < 4.78 is 39.6. The number of imidazole rings is 1. The van der Waals surface area contributed by atoms with E-state index in [2.05, 4.69) is 4.98 Å². The van der Waals surface area contributed by atoms with E-state index >= 15 is 0 Å². The van der Waals surface area contributed by atoms with Crippen LogP contribution < -0.4 is 0 Å². The van der Waals surface area contributed by atoms with Crippen LogP contribution in [0.1, 0.15) is 18.7 Å². The van der Waals surface area contributed by atoms with Gasteiger partial charge in [-0.3, -0.25) is 4.90 Å². The first-order valence-corrected chi connectivity index (χ1v) is 6.28. The summed E-state index contributed by atoms with van der Waals surface area (Å²) in [4.78, 5) is 5.93. The highest BCUT2D eigenvalue weighted by atomic mass is 35.5. The van der Waals surface area contributed by atoms with Crippen molar-refractivity contribution >= 4 is 11.6 Å². The molecule has 0 atom stereocenters. The largest absolute Gasteiger partial charge is 0.417 e. The Labute approximate surface area is 113 Å². The second kappa shape index (κ2) is 4.96. The number of nitrogens with zero attached hydrogens (tertiary/aromatic N) is 3. The summed E-state index contributed by atoms with van der Waals surface area (Å²) in [7, 11) is 1.75. The van der Waals surface area contributed by atoms with E-state index in [1.165, 1.54) is 6.20 Å². The Balaban J connectivity index is 1.96. The number of alkyl halides is 3. The average Bonchev–Trinajstić information content (AvgIpc) is 2.63. The molecular formula is C11H15ClF3N3O. The van der Waals surface area contributed by atoms with Crippen LogP contribution in [-0.4, -0.2) is 44.4 Å². The van der Waals surface area contributed by atoms with Crippen molar-refractivity contribution in [3.8, 4) is 0 Å². The molecule has 0 unspecified atom stereocenters. The smallest absolute Gasteiger partial charge is 0.380 e. The molecule has 0 bridgehead atoms. The van der Waals surface area contributed by atoms with Crippen molar-refractivity contribution in [2.45, 2.75) is 31.2 Å². The highest BCUT2D eigenvalue weighted by Gasteiger charge is 2.54.